The normalized spacial score (nSPS) is 7.82. The van der Waals surface area contributed by atoms with Crippen LogP contribution in [0, 0.1) is 0 Å². The highest BCUT2D eigenvalue weighted by Gasteiger charge is 1.80. The third-order valence-corrected chi connectivity index (χ3v) is 1.61. The molecule has 60 valence electrons. The lowest BCUT2D eigenvalue weighted by Crippen LogP contribution is -1.73. The molecule has 0 saturated carbocycles. The predicted octanol–water partition coefficient (Wildman–Crippen LogP) is 2.44. The second kappa shape index (κ2) is 7.65. The Morgan fingerprint density at radius 2 is 1.82 bits per heavy atom. The largest absolute Gasteiger partial charge is 0.288 e. The SMILES string of the molecule is CCC(=O)I.c1ccncc1. The van der Waals surface area contributed by atoms with Gasteiger partial charge < -0.3 is 0 Å². The lowest BCUT2D eigenvalue weighted by atomic mass is 10.5. The number of aromatic nitrogens is 1. The summed E-state index contributed by atoms with van der Waals surface area (Å²) in [7, 11) is 0. The zero-order valence-corrected chi connectivity index (χ0v) is 8.48. The maximum absolute atomic E-state index is 9.80. The van der Waals surface area contributed by atoms with Crippen LogP contribution in [0.2, 0.25) is 0 Å². The second-order valence-corrected chi connectivity index (χ2v) is 2.94. The fourth-order valence-corrected chi connectivity index (χ4v) is 0.313. The molecule has 0 N–H and O–H groups in total. The van der Waals surface area contributed by atoms with E-state index in [1.165, 1.54) is 0 Å². The molecular weight excluding hydrogens is 253 g/mol. The molecule has 0 atom stereocenters. The summed E-state index contributed by atoms with van der Waals surface area (Å²) in [4.78, 5) is 13.6. The van der Waals surface area contributed by atoms with Crippen LogP contribution in [-0.4, -0.2) is 8.77 Å². The number of pyridine rings is 1. The minimum absolute atomic E-state index is 0.225. The summed E-state index contributed by atoms with van der Waals surface area (Å²) in [6.45, 7) is 1.84. The Balaban J connectivity index is 0.000000187. The predicted molar refractivity (Wildman–Crippen MR) is 53.6 cm³/mol. The zero-order valence-electron chi connectivity index (χ0n) is 6.33. The average Bonchev–Trinajstić information content (AvgIpc) is 2.09. The summed E-state index contributed by atoms with van der Waals surface area (Å²) >= 11 is 1.77. The van der Waals surface area contributed by atoms with E-state index in [9.17, 15) is 4.79 Å². The van der Waals surface area contributed by atoms with E-state index in [1.807, 2.05) is 25.1 Å². The van der Waals surface area contributed by atoms with Crippen molar-refractivity contribution in [3.63, 3.8) is 0 Å². The molecule has 0 radical (unpaired) electrons. The molecule has 0 unspecified atom stereocenters. The topological polar surface area (TPSA) is 30.0 Å². The lowest BCUT2D eigenvalue weighted by molar-refractivity contribution is -0.109. The zero-order chi connectivity index (χ0) is 8.53. The van der Waals surface area contributed by atoms with E-state index in [2.05, 4.69) is 4.98 Å². The van der Waals surface area contributed by atoms with Gasteiger partial charge in [-0.25, -0.2) is 0 Å². The van der Waals surface area contributed by atoms with Gasteiger partial charge in [0.25, 0.3) is 0 Å². The van der Waals surface area contributed by atoms with Crippen LogP contribution in [0.1, 0.15) is 13.3 Å². The average molecular weight is 263 g/mol. The van der Waals surface area contributed by atoms with Crippen LogP contribution in [0.15, 0.2) is 30.6 Å². The van der Waals surface area contributed by atoms with Gasteiger partial charge in [-0.1, -0.05) is 13.0 Å². The van der Waals surface area contributed by atoms with Crippen molar-refractivity contribution in [2.75, 3.05) is 0 Å². The van der Waals surface area contributed by atoms with Crippen LogP contribution in [0.3, 0.4) is 0 Å². The Kier molecular flexibility index (Phi) is 7.34. The van der Waals surface area contributed by atoms with Gasteiger partial charge in [-0.3, -0.25) is 9.78 Å². The second-order valence-electron chi connectivity index (χ2n) is 1.73. The Bertz CT molecular complexity index is 162. The quantitative estimate of drug-likeness (QED) is 0.575. The van der Waals surface area contributed by atoms with Gasteiger partial charge >= 0.3 is 0 Å². The molecule has 1 aromatic rings. The maximum Gasteiger partial charge on any atom is 0.192 e. The van der Waals surface area contributed by atoms with Crippen LogP contribution in [0.5, 0.6) is 0 Å². The van der Waals surface area contributed by atoms with E-state index in [1.54, 1.807) is 35.0 Å². The van der Waals surface area contributed by atoms with Gasteiger partial charge in [-0.2, -0.15) is 0 Å². The number of halogens is 1. The van der Waals surface area contributed by atoms with Crippen LogP contribution in [0.25, 0.3) is 0 Å². The van der Waals surface area contributed by atoms with Crippen LogP contribution in [0.4, 0.5) is 0 Å². The van der Waals surface area contributed by atoms with Crippen LogP contribution < -0.4 is 0 Å². The van der Waals surface area contributed by atoms with Gasteiger partial charge in [0.2, 0.25) is 0 Å². The first-order valence-corrected chi connectivity index (χ1v) is 4.38. The summed E-state index contributed by atoms with van der Waals surface area (Å²) in [5, 5.41) is 0. The molecule has 0 bridgehead atoms. The molecule has 0 aromatic carbocycles. The summed E-state index contributed by atoms with van der Waals surface area (Å²) in [5.74, 6) is 0. The first-order valence-electron chi connectivity index (χ1n) is 3.30. The first kappa shape index (κ1) is 10.6. The Labute approximate surface area is 80.2 Å². The van der Waals surface area contributed by atoms with Crippen molar-refractivity contribution >= 4 is 26.4 Å². The molecule has 1 heterocycles. The van der Waals surface area contributed by atoms with Crippen LogP contribution in [-0.2, 0) is 4.79 Å². The highest BCUT2D eigenvalue weighted by atomic mass is 127. The molecule has 11 heavy (non-hydrogen) atoms. The Morgan fingerprint density at radius 3 is 1.91 bits per heavy atom. The van der Waals surface area contributed by atoms with Gasteiger partial charge in [-0.15, -0.1) is 0 Å². The van der Waals surface area contributed by atoms with Gasteiger partial charge in [0.1, 0.15) is 0 Å². The summed E-state index contributed by atoms with van der Waals surface area (Å²) in [5.41, 5.74) is 0. The smallest absolute Gasteiger partial charge is 0.192 e. The number of nitrogens with zero attached hydrogens (tertiary/aromatic N) is 1. The molecule has 0 aliphatic heterocycles. The maximum atomic E-state index is 9.80. The third kappa shape index (κ3) is 9.55. The molecule has 3 heteroatoms. The van der Waals surface area contributed by atoms with E-state index in [0.717, 1.165) is 0 Å². The van der Waals surface area contributed by atoms with E-state index in [4.69, 9.17) is 0 Å². The van der Waals surface area contributed by atoms with Crippen molar-refractivity contribution in [1.29, 1.82) is 0 Å². The van der Waals surface area contributed by atoms with Crippen molar-refractivity contribution in [2.24, 2.45) is 0 Å². The van der Waals surface area contributed by atoms with Gasteiger partial charge in [-0.05, 0) is 34.7 Å². The minimum atomic E-state index is 0.225. The van der Waals surface area contributed by atoms with Crippen molar-refractivity contribution < 1.29 is 4.79 Å². The summed E-state index contributed by atoms with van der Waals surface area (Å²) in [6, 6.07) is 5.72. The minimum Gasteiger partial charge on any atom is -0.288 e. The molecule has 1 aromatic heterocycles. The van der Waals surface area contributed by atoms with Crippen molar-refractivity contribution in [1.82, 2.24) is 4.98 Å². The van der Waals surface area contributed by atoms with Crippen molar-refractivity contribution in [2.45, 2.75) is 13.3 Å². The number of rotatable bonds is 1. The summed E-state index contributed by atoms with van der Waals surface area (Å²) in [6.07, 6.45) is 4.15. The molecular formula is C8H10INO. The standard InChI is InChI=1S/C5H5N.C3H5IO/c1-2-4-6-5-3-1;1-2-3(4)5/h1-5H;2H2,1H3. The first-order chi connectivity index (χ1) is 5.27. The molecule has 0 saturated heterocycles. The van der Waals surface area contributed by atoms with Crippen molar-refractivity contribution in [3.05, 3.63) is 30.6 Å². The fourth-order valence-electron chi connectivity index (χ4n) is 0.313. The molecule has 0 spiro atoms. The monoisotopic (exact) mass is 263 g/mol. The highest BCUT2D eigenvalue weighted by Crippen LogP contribution is 1.87. The molecule has 1 rings (SSSR count). The van der Waals surface area contributed by atoms with E-state index in [-0.39, 0.29) is 3.79 Å². The van der Waals surface area contributed by atoms with Crippen LogP contribution >= 0.6 is 22.6 Å². The van der Waals surface area contributed by atoms with Crippen molar-refractivity contribution in [3.8, 4) is 0 Å². The molecule has 0 aliphatic rings. The molecule has 2 nitrogen and oxygen atoms in total. The third-order valence-electron chi connectivity index (χ3n) is 0.844. The fraction of sp³-hybridized carbons (Fsp3) is 0.250. The lowest BCUT2D eigenvalue weighted by Gasteiger charge is -1.70. The van der Waals surface area contributed by atoms with Gasteiger partial charge in [0.15, 0.2) is 3.79 Å². The number of hydrogen-bond donors (Lipinski definition) is 0. The van der Waals surface area contributed by atoms with E-state index in [0.29, 0.717) is 6.42 Å². The van der Waals surface area contributed by atoms with E-state index < -0.39 is 0 Å². The van der Waals surface area contributed by atoms with Gasteiger partial charge in [0.05, 0.1) is 0 Å². The molecule has 0 aliphatic carbocycles. The Hall–Kier alpha value is -0.450. The molecule has 0 amide bonds. The number of carbonyl (C=O) groups is 1. The number of hydrogen-bond acceptors (Lipinski definition) is 2. The Morgan fingerprint density at radius 1 is 1.36 bits per heavy atom. The van der Waals surface area contributed by atoms with Gasteiger partial charge in [0, 0.05) is 18.8 Å². The summed E-state index contributed by atoms with van der Waals surface area (Å²) < 4.78 is 0.225. The highest BCUT2D eigenvalue weighted by molar-refractivity contribution is 14.1. The number of carbonyl (C=O) groups excluding carboxylic acids is 1. The van der Waals surface area contributed by atoms with E-state index >= 15 is 0 Å². The molecule has 0 fully saturated rings.